The molecule has 5 aromatic rings. The SMILES string of the molecule is Cc1cc(Cn2c(=O)c3c(ncn3[C@@H](C)C(=O)Nc3ccnc(-c4cnc(C(F)(F)F)c(C)c4)n3)n(C)c2=O)no1. The Labute approximate surface area is 228 Å². The molecule has 1 amide bonds. The molecule has 13 nitrogen and oxygen atoms in total. The molecule has 1 N–H and O–H groups in total. The fraction of sp³-hybridized carbons (Fsp3) is 0.280. The summed E-state index contributed by atoms with van der Waals surface area (Å²) >= 11 is 0. The molecule has 5 heterocycles. The lowest BCUT2D eigenvalue weighted by Gasteiger charge is -2.15. The second kappa shape index (κ2) is 10.1. The number of nitrogens with one attached hydrogen (secondary N) is 1. The number of aryl methyl sites for hydroxylation is 3. The van der Waals surface area contributed by atoms with E-state index in [1.807, 2.05) is 0 Å². The van der Waals surface area contributed by atoms with Crippen LogP contribution in [0.5, 0.6) is 0 Å². The average Bonchev–Trinajstić information content (AvgIpc) is 3.55. The second-order valence-corrected chi connectivity index (χ2v) is 9.30. The van der Waals surface area contributed by atoms with Crippen LogP contribution in [-0.2, 0) is 24.6 Å². The summed E-state index contributed by atoms with van der Waals surface area (Å²) in [6.45, 7) is 4.33. The number of imidazole rings is 1. The molecule has 212 valence electrons. The zero-order chi connectivity index (χ0) is 29.6. The summed E-state index contributed by atoms with van der Waals surface area (Å²) in [4.78, 5) is 55.4. The van der Waals surface area contributed by atoms with Crippen LogP contribution in [0.3, 0.4) is 0 Å². The molecule has 0 saturated heterocycles. The molecular weight excluding hydrogens is 547 g/mol. The number of nitrogens with zero attached hydrogens (tertiary/aromatic N) is 8. The predicted octanol–water partition coefficient (Wildman–Crippen LogP) is 2.62. The van der Waals surface area contributed by atoms with E-state index < -0.39 is 35.1 Å². The number of alkyl halides is 3. The van der Waals surface area contributed by atoms with Gasteiger partial charge in [0.05, 0.1) is 12.9 Å². The van der Waals surface area contributed by atoms with Gasteiger partial charge >= 0.3 is 11.9 Å². The molecule has 5 aromatic heterocycles. The van der Waals surface area contributed by atoms with E-state index in [0.717, 1.165) is 10.8 Å². The number of hydrogen-bond donors (Lipinski definition) is 1. The van der Waals surface area contributed by atoms with Crippen molar-refractivity contribution in [3.8, 4) is 11.4 Å². The molecule has 41 heavy (non-hydrogen) atoms. The zero-order valence-electron chi connectivity index (χ0n) is 22.1. The van der Waals surface area contributed by atoms with Crippen molar-refractivity contribution in [3.05, 3.63) is 80.5 Å². The molecule has 0 saturated carbocycles. The summed E-state index contributed by atoms with van der Waals surface area (Å²) in [6.07, 6.45) is -0.977. The number of rotatable bonds is 6. The molecule has 0 aliphatic rings. The average molecular weight is 570 g/mol. The minimum Gasteiger partial charge on any atom is -0.361 e. The van der Waals surface area contributed by atoms with E-state index in [-0.39, 0.29) is 40.5 Å². The summed E-state index contributed by atoms with van der Waals surface area (Å²) in [5.74, 6) is 0.0513. The van der Waals surface area contributed by atoms with Gasteiger partial charge in [-0.05, 0) is 38.5 Å². The molecule has 16 heteroatoms. The Kier molecular flexibility index (Phi) is 6.76. The Bertz CT molecular complexity index is 1920. The summed E-state index contributed by atoms with van der Waals surface area (Å²) < 4.78 is 47.8. The van der Waals surface area contributed by atoms with Gasteiger partial charge in [0.2, 0.25) is 5.91 Å². The first kappa shape index (κ1) is 27.4. The van der Waals surface area contributed by atoms with Crippen molar-refractivity contribution < 1.29 is 22.5 Å². The van der Waals surface area contributed by atoms with Gasteiger partial charge < -0.3 is 14.4 Å². The first-order valence-corrected chi connectivity index (χ1v) is 12.1. The third-order valence-corrected chi connectivity index (χ3v) is 6.36. The highest BCUT2D eigenvalue weighted by molar-refractivity contribution is 5.93. The lowest BCUT2D eigenvalue weighted by atomic mass is 10.1. The van der Waals surface area contributed by atoms with Crippen LogP contribution < -0.4 is 16.6 Å². The monoisotopic (exact) mass is 569 g/mol. The van der Waals surface area contributed by atoms with Crippen molar-refractivity contribution in [1.29, 1.82) is 0 Å². The standard InChI is InChI=1S/C25H22F3N9O4/c1-12-7-15(9-30-19(12)25(26,27)28)20-29-6-5-17(32-20)33-22(38)14(3)37-11-31-21-18(37)23(39)36(24(40)35(21)4)10-16-8-13(2)41-34-16/h5-9,11,14H,10H2,1-4H3,(H,29,32,33,38)/t14-/m0/s1. The van der Waals surface area contributed by atoms with Crippen molar-refractivity contribution in [1.82, 2.24) is 38.8 Å². The Morgan fingerprint density at radius 2 is 1.90 bits per heavy atom. The van der Waals surface area contributed by atoms with Crippen LogP contribution in [0.1, 0.15) is 35.7 Å². The second-order valence-electron chi connectivity index (χ2n) is 9.30. The van der Waals surface area contributed by atoms with Gasteiger partial charge in [-0.3, -0.25) is 23.7 Å². The fourth-order valence-corrected chi connectivity index (χ4v) is 4.29. The van der Waals surface area contributed by atoms with Crippen LogP contribution in [0.25, 0.3) is 22.6 Å². The van der Waals surface area contributed by atoms with Crippen LogP contribution >= 0.6 is 0 Å². The van der Waals surface area contributed by atoms with Crippen molar-refractivity contribution in [3.63, 3.8) is 0 Å². The number of amides is 1. The highest BCUT2D eigenvalue weighted by Crippen LogP contribution is 2.31. The van der Waals surface area contributed by atoms with Gasteiger partial charge in [0.15, 0.2) is 17.0 Å². The van der Waals surface area contributed by atoms with Crippen molar-refractivity contribution in [2.75, 3.05) is 5.32 Å². The van der Waals surface area contributed by atoms with Crippen LogP contribution in [0.4, 0.5) is 19.0 Å². The van der Waals surface area contributed by atoms with Crippen LogP contribution in [0, 0.1) is 13.8 Å². The normalized spacial score (nSPS) is 12.6. The maximum atomic E-state index is 13.4. The quantitative estimate of drug-likeness (QED) is 0.325. The topological polar surface area (TPSA) is 156 Å². The minimum atomic E-state index is -4.60. The highest BCUT2D eigenvalue weighted by atomic mass is 19.4. The number of hydrogen-bond acceptors (Lipinski definition) is 9. The van der Waals surface area contributed by atoms with Gasteiger partial charge in [-0.2, -0.15) is 13.2 Å². The maximum Gasteiger partial charge on any atom is 0.433 e. The third-order valence-electron chi connectivity index (χ3n) is 6.36. The Hall–Kier alpha value is -5.15. The molecule has 0 aliphatic carbocycles. The minimum absolute atomic E-state index is 0.0182. The zero-order valence-corrected chi connectivity index (χ0v) is 22.1. The summed E-state index contributed by atoms with van der Waals surface area (Å²) in [6, 6.07) is 3.27. The molecule has 0 bridgehead atoms. The number of carbonyl (C=O) groups is 1. The first-order chi connectivity index (χ1) is 19.3. The molecular formula is C25H22F3N9O4. The number of anilines is 1. The number of halogens is 3. The van der Waals surface area contributed by atoms with E-state index in [1.54, 1.807) is 13.0 Å². The smallest absolute Gasteiger partial charge is 0.361 e. The molecule has 0 fully saturated rings. The first-order valence-electron chi connectivity index (χ1n) is 12.1. The van der Waals surface area contributed by atoms with E-state index in [2.05, 4.69) is 30.4 Å². The van der Waals surface area contributed by atoms with Crippen LogP contribution in [0.2, 0.25) is 0 Å². The molecule has 0 unspecified atom stereocenters. The van der Waals surface area contributed by atoms with Gasteiger partial charge in [-0.1, -0.05) is 5.16 Å². The molecule has 0 spiro atoms. The summed E-state index contributed by atoms with van der Waals surface area (Å²) in [5, 5.41) is 6.46. The largest absolute Gasteiger partial charge is 0.433 e. The number of fused-ring (bicyclic) bond motifs is 1. The van der Waals surface area contributed by atoms with Crippen molar-refractivity contribution in [2.45, 2.75) is 39.5 Å². The lowest BCUT2D eigenvalue weighted by molar-refractivity contribution is -0.141. The molecule has 0 aliphatic heterocycles. The predicted molar refractivity (Wildman–Crippen MR) is 138 cm³/mol. The lowest BCUT2D eigenvalue weighted by Crippen LogP contribution is -2.40. The Morgan fingerprint density at radius 3 is 2.56 bits per heavy atom. The maximum absolute atomic E-state index is 13.4. The van der Waals surface area contributed by atoms with Crippen LogP contribution in [0.15, 0.2) is 51.0 Å². The Balaban J connectivity index is 1.44. The number of aromatic nitrogens is 8. The van der Waals surface area contributed by atoms with Gasteiger partial charge in [0.25, 0.3) is 5.56 Å². The van der Waals surface area contributed by atoms with Crippen molar-refractivity contribution in [2.24, 2.45) is 7.05 Å². The van der Waals surface area contributed by atoms with E-state index in [1.165, 1.54) is 54.7 Å². The summed E-state index contributed by atoms with van der Waals surface area (Å²) in [5.41, 5.74) is -1.71. The van der Waals surface area contributed by atoms with Gasteiger partial charge in [-0.25, -0.2) is 19.7 Å². The van der Waals surface area contributed by atoms with E-state index in [9.17, 15) is 27.6 Å². The summed E-state index contributed by atoms with van der Waals surface area (Å²) in [7, 11) is 1.46. The molecule has 0 radical (unpaired) electrons. The fourth-order valence-electron chi connectivity index (χ4n) is 4.29. The van der Waals surface area contributed by atoms with Gasteiger partial charge in [0.1, 0.15) is 29.0 Å². The van der Waals surface area contributed by atoms with E-state index in [4.69, 9.17) is 4.52 Å². The van der Waals surface area contributed by atoms with Gasteiger partial charge in [-0.15, -0.1) is 0 Å². The Morgan fingerprint density at radius 1 is 1.15 bits per heavy atom. The van der Waals surface area contributed by atoms with Crippen molar-refractivity contribution >= 4 is 22.9 Å². The molecule has 1 atom stereocenters. The third kappa shape index (κ3) is 5.10. The van der Waals surface area contributed by atoms with Crippen LogP contribution in [-0.4, -0.2) is 44.7 Å². The molecule has 5 rings (SSSR count). The van der Waals surface area contributed by atoms with E-state index in [0.29, 0.717) is 11.5 Å². The molecule has 0 aromatic carbocycles. The van der Waals surface area contributed by atoms with Gasteiger partial charge in [0, 0.05) is 31.1 Å². The highest BCUT2D eigenvalue weighted by Gasteiger charge is 2.34. The van der Waals surface area contributed by atoms with E-state index >= 15 is 0 Å². The number of carbonyl (C=O) groups excluding carboxylic acids is 1. The number of pyridine rings is 1.